The lowest BCUT2D eigenvalue weighted by molar-refractivity contribution is -0.126. The van der Waals surface area contributed by atoms with Gasteiger partial charge in [0.05, 0.1) is 7.11 Å². The van der Waals surface area contributed by atoms with Crippen LogP contribution in [0.3, 0.4) is 0 Å². The summed E-state index contributed by atoms with van der Waals surface area (Å²) in [7, 11) is 1.62. The number of carbonyl (C=O) groups is 2. The Bertz CT molecular complexity index is 745. The topological polar surface area (TPSA) is 67.4 Å². The minimum atomic E-state index is -0.368. The summed E-state index contributed by atoms with van der Waals surface area (Å²) in [6.07, 6.45) is 0.458. The predicted octanol–water partition coefficient (Wildman–Crippen LogP) is 3.34. The summed E-state index contributed by atoms with van der Waals surface area (Å²) < 4.78 is 5.10. The van der Waals surface area contributed by atoms with Crippen molar-refractivity contribution in [1.29, 1.82) is 0 Å². The number of hydrogen-bond acceptors (Lipinski definition) is 3. The van der Waals surface area contributed by atoms with Crippen molar-refractivity contribution >= 4 is 29.1 Å². The molecule has 6 heteroatoms. The molecule has 0 spiro atoms. The Morgan fingerprint density at radius 1 is 1.08 bits per heavy atom. The molecule has 2 aromatic carbocycles. The number of nitrogens with one attached hydrogen (secondary N) is 2. The van der Waals surface area contributed by atoms with Gasteiger partial charge >= 0.3 is 0 Å². The zero-order valence-corrected chi connectivity index (χ0v) is 15.0. The summed E-state index contributed by atoms with van der Waals surface area (Å²) in [4.78, 5) is 23.8. The van der Waals surface area contributed by atoms with Crippen molar-refractivity contribution in [3.05, 3.63) is 58.6 Å². The molecule has 0 aliphatic heterocycles. The van der Waals surface area contributed by atoms with E-state index in [9.17, 15) is 9.59 Å². The van der Waals surface area contributed by atoms with Crippen LogP contribution in [0, 0.1) is 6.92 Å². The fourth-order valence-electron chi connectivity index (χ4n) is 2.28. The first-order valence-electron chi connectivity index (χ1n) is 7.94. The van der Waals surface area contributed by atoms with E-state index in [2.05, 4.69) is 10.6 Å². The molecule has 2 aromatic rings. The first kappa shape index (κ1) is 18.8. The monoisotopic (exact) mass is 360 g/mol. The largest absolute Gasteiger partial charge is 0.497 e. The van der Waals surface area contributed by atoms with Crippen LogP contribution in [0.2, 0.25) is 5.02 Å². The smallest absolute Gasteiger partial charge is 0.233 e. The van der Waals surface area contributed by atoms with Crippen LogP contribution in [0.25, 0.3) is 0 Å². The van der Waals surface area contributed by atoms with Crippen LogP contribution in [-0.2, 0) is 16.0 Å². The Kier molecular flexibility index (Phi) is 6.83. The van der Waals surface area contributed by atoms with Crippen LogP contribution >= 0.6 is 11.6 Å². The Morgan fingerprint density at radius 3 is 2.48 bits per heavy atom. The zero-order chi connectivity index (χ0) is 18.2. The van der Waals surface area contributed by atoms with Gasteiger partial charge in [0.15, 0.2) is 0 Å². The minimum absolute atomic E-state index is 0.228. The molecule has 0 bridgehead atoms. The lowest BCUT2D eigenvalue weighted by Crippen LogP contribution is -2.29. The number of carbonyl (C=O) groups excluding carboxylic acids is 2. The molecule has 0 saturated carbocycles. The highest BCUT2D eigenvalue weighted by Gasteiger charge is 2.11. The maximum Gasteiger partial charge on any atom is 0.233 e. The molecule has 25 heavy (non-hydrogen) atoms. The number of amides is 2. The fraction of sp³-hybridized carbons (Fsp3) is 0.263. The van der Waals surface area contributed by atoms with Crippen LogP contribution in [0.5, 0.6) is 5.75 Å². The molecule has 0 aromatic heterocycles. The Balaban J connectivity index is 1.75. The fourth-order valence-corrected chi connectivity index (χ4v) is 2.46. The van der Waals surface area contributed by atoms with E-state index < -0.39 is 0 Å². The molecule has 0 aliphatic rings. The van der Waals surface area contributed by atoms with E-state index in [4.69, 9.17) is 16.3 Å². The standard InChI is InChI=1S/C19H21ClN2O3/c1-13-16(20)4-3-5-17(13)22-19(24)12-18(23)21-11-10-14-6-8-15(25-2)9-7-14/h3-9H,10-12H2,1-2H3,(H,21,23)(H,22,24). The molecule has 0 saturated heterocycles. The second-order valence-electron chi connectivity index (χ2n) is 5.59. The summed E-state index contributed by atoms with van der Waals surface area (Å²) in [5.41, 5.74) is 2.47. The van der Waals surface area contributed by atoms with E-state index in [0.717, 1.165) is 16.9 Å². The van der Waals surface area contributed by atoms with Crippen LogP contribution < -0.4 is 15.4 Å². The third kappa shape index (κ3) is 5.80. The van der Waals surface area contributed by atoms with Gasteiger partial charge in [0.2, 0.25) is 11.8 Å². The molecule has 2 amide bonds. The summed E-state index contributed by atoms with van der Waals surface area (Å²) >= 11 is 6.01. The number of rotatable bonds is 7. The van der Waals surface area contributed by atoms with Crippen molar-refractivity contribution in [3.8, 4) is 5.75 Å². The summed E-state index contributed by atoms with van der Waals surface area (Å²) in [6, 6.07) is 12.9. The Labute approximate surface area is 152 Å². The molecular weight excluding hydrogens is 340 g/mol. The predicted molar refractivity (Wildman–Crippen MR) is 99.1 cm³/mol. The second kappa shape index (κ2) is 9.08. The summed E-state index contributed by atoms with van der Waals surface area (Å²) in [5, 5.41) is 6.02. The average molecular weight is 361 g/mol. The third-order valence-corrected chi connectivity index (χ3v) is 4.17. The van der Waals surface area contributed by atoms with Crippen LogP contribution in [0.15, 0.2) is 42.5 Å². The van der Waals surface area contributed by atoms with E-state index in [-0.39, 0.29) is 18.2 Å². The van der Waals surface area contributed by atoms with E-state index in [1.54, 1.807) is 25.3 Å². The van der Waals surface area contributed by atoms with Crippen molar-refractivity contribution in [2.24, 2.45) is 0 Å². The maximum atomic E-state index is 12.0. The SMILES string of the molecule is COc1ccc(CCNC(=O)CC(=O)Nc2cccc(Cl)c2C)cc1. The number of anilines is 1. The number of hydrogen-bond donors (Lipinski definition) is 2. The van der Waals surface area contributed by atoms with Gasteiger partial charge in [0, 0.05) is 17.3 Å². The van der Waals surface area contributed by atoms with Crippen molar-refractivity contribution in [2.75, 3.05) is 19.0 Å². The molecule has 0 fully saturated rings. The first-order chi connectivity index (χ1) is 12.0. The molecule has 0 heterocycles. The summed E-state index contributed by atoms with van der Waals surface area (Å²) in [6.45, 7) is 2.28. The van der Waals surface area contributed by atoms with Crippen molar-refractivity contribution in [2.45, 2.75) is 19.8 Å². The van der Waals surface area contributed by atoms with E-state index >= 15 is 0 Å². The highest BCUT2D eigenvalue weighted by Crippen LogP contribution is 2.22. The molecule has 132 valence electrons. The normalized spacial score (nSPS) is 10.2. The molecule has 0 radical (unpaired) electrons. The van der Waals surface area contributed by atoms with Crippen molar-refractivity contribution in [3.63, 3.8) is 0 Å². The zero-order valence-electron chi connectivity index (χ0n) is 14.3. The van der Waals surface area contributed by atoms with Gasteiger partial charge in [-0.05, 0) is 48.7 Å². The number of ether oxygens (including phenoxy) is 1. The highest BCUT2D eigenvalue weighted by molar-refractivity contribution is 6.31. The van der Waals surface area contributed by atoms with E-state index in [0.29, 0.717) is 23.7 Å². The molecule has 0 unspecified atom stereocenters. The van der Waals surface area contributed by atoms with E-state index in [1.807, 2.05) is 31.2 Å². The quantitative estimate of drug-likeness (QED) is 0.744. The van der Waals surface area contributed by atoms with Crippen LogP contribution in [0.1, 0.15) is 17.5 Å². The lowest BCUT2D eigenvalue weighted by Gasteiger charge is -2.10. The van der Waals surface area contributed by atoms with Gasteiger partial charge in [-0.25, -0.2) is 0 Å². The van der Waals surface area contributed by atoms with Gasteiger partial charge in [-0.1, -0.05) is 29.8 Å². The molecule has 0 atom stereocenters. The average Bonchev–Trinajstić information content (AvgIpc) is 2.59. The molecule has 5 nitrogen and oxygen atoms in total. The van der Waals surface area contributed by atoms with Crippen LogP contribution in [-0.4, -0.2) is 25.5 Å². The van der Waals surface area contributed by atoms with Crippen molar-refractivity contribution in [1.82, 2.24) is 5.32 Å². The number of methoxy groups -OCH3 is 1. The van der Waals surface area contributed by atoms with E-state index in [1.165, 1.54) is 0 Å². The van der Waals surface area contributed by atoms with Gasteiger partial charge in [0.25, 0.3) is 0 Å². The highest BCUT2D eigenvalue weighted by atomic mass is 35.5. The first-order valence-corrected chi connectivity index (χ1v) is 8.32. The number of halogens is 1. The van der Waals surface area contributed by atoms with Gasteiger partial charge in [-0.15, -0.1) is 0 Å². The minimum Gasteiger partial charge on any atom is -0.497 e. The lowest BCUT2D eigenvalue weighted by atomic mass is 10.1. The maximum absolute atomic E-state index is 12.0. The van der Waals surface area contributed by atoms with Crippen molar-refractivity contribution < 1.29 is 14.3 Å². The summed E-state index contributed by atoms with van der Waals surface area (Å²) in [5.74, 6) is 0.110. The van der Waals surface area contributed by atoms with Gasteiger partial charge < -0.3 is 15.4 Å². The Morgan fingerprint density at radius 2 is 1.80 bits per heavy atom. The third-order valence-electron chi connectivity index (χ3n) is 3.76. The Hall–Kier alpha value is -2.53. The van der Waals surface area contributed by atoms with Gasteiger partial charge in [-0.2, -0.15) is 0 Å². The van der Waals surface area contributed by atoms with Crippen LogP contribution in [0.4, 0.5) is 5.69 Å². The number of benzene rings is 2. The van der Waals surface area contributed by atoms with Gasteiger partial charge in [-0.3, -0.25) is 9.59 Å². The molecule has 2 N–H and O–H groups in total. The second-order valence-corrected chi connectivity index (χ2v) is 5.99. The molecular formula is C19H21ClN2O3. The van der Waals surface area contributed by atoms with Gasteiger partial charge in [0.1, 0.15) is 12.2 Å². The molecule has 0 aliphatic carbocycles. The molecule has 2 rings (SSSR count).